The molecule has 2 amide bonds. The molecule has 3 aromatic heterocycles. The topological polar surface area (TPSA) is 113 Å². The molecule has 9 nitrogen and oxygen atoms in total. The molecular formula is C18H18N8O. The highest BCUT2D eigenvalue weighted by Gasteiger charge is 2.13. The van der Waals surface area contributed by atoms with Crippen molar-refractivity contribution in [1.82, 2.24) is 29.9 Å². The molecule has 136 valence electrons. The van der Waals surface area contributed by atoms with Crippen molar-refractivity contribution in [2.24, 2.45) is 0 Å². The molecule has 4 aromatic rings. The molecular weight excluding hydrogens is 344 g/mol. The number of aromatic amines is 1. The standard InChI is InChI=1S/C18H18N8O/c1-11(2)26-10-19-25-17(26)14-8-5-9-15(20-14)21-18(27)22-16-12-6-3-4-7-13(12)23-24-16/h3-11H,1-2H3,(H3,20,21,22,23,24,27). The quantitative estimate of drug-likeness (QED) is 0.515. The third-order valence-electron chi connectivity index (χ3n) is 4.05. The number of rotatable bonds is 4. The second-order valence-corrected chi connectivity index (χ2v) is 6.26. The van der Waals surface area contributed by atoms with Gasteiger partial charge >= 0.3 is 6.03 Å². The average Bonchev–Trinajstić information content (AvgIpc) is 3.30. The molecule has 0 spiro atoms. The van der Waals surface area contributed by atoms with Crippen LogP contribution in [0.15, 0.2) is 48.8 Å². The van der Waals surface area contributed by atoms with Crippen molar-refractivity contribution in [2.75, 3.05) is 10.6 Å². The highest BCUT2D eigenvalue weighted by molar-refractivity contribution is 6.04. The van der Waals surface area contributed by atoms with Gasteiger partial charge in [0.1, 0.15) is 17.8 Å². The molecule has 0 saturated carbocycles. The van der Waals surface area contributed by atoms with Crippen LogP contribution in [0.2, 0.25) is 0 Å². The van der Waals surface area contributed by atoms with E-state index in [1.807, 2.05) is 48.7 Å². The van der Waals surface area contributed by atoms with Gasteiger partial charge in [-0.05, 0) is 38.1 Å². The van der Waals surface area contributed by atoms with Crippen LogP contribution in [-0.4, -0.2) is 36.0 Å². The van der Waals surface area contributed by atoms with Crippen LogP contribution in [0.4, 0.5) is 16.4 Å². The number of carbonyl (C=O) groups excluding carboxylic acids is 1. The van der Waals surface area contributed by atoms with Crippen LogP contribution in [0.5, 0.6) is 0 Å². The first-order valence-corrected chi connectivity index (χ1v) is 8.50. The molecule has 0 radical (unpaired) electrons. The minimum absolute atomic E-state index is 0.199. The van der Waals surface area contributed by atoms with Gasteiger partial charge in [0, 0.05) is 11.4 Å². The molecule has 9 heteroatoms. The SMILES string of the molecule is CC(C)n1cnnc1-c1cccc(NC(=O)Nc2n[nH]c3ccccc23)n1. The van der Waals surface area contributed by atoms with E-state index in [-0.39, 0.29) is 6.04 Å². The summed E-state index contributed by atoms with van der Waals surface area (Å²) in [5.74, 6) is 1.51. The number of para-hydroxylation sites is 1. The van der Waals surface area contributed by atoms with Crippen molar-refractivity contribution in [3.63, 3.8) is 0 Å². The average molecular weight is 362 g/mol. The summed E-state index contributed by atoms with van der Waals surface area (Å²) in [6.45, 7) is 4.08. The van der Waals surface area contributed by atoms with Crippen molar-refractivity contribution >= 4 is 28.6 Å². The Balaban J connectivity index is 1.53. The lowest BCUT2D eigenvalue weighted by Crippen LogP contribution is -2.20. The first-order valence-electron chi connectivity index (χ1n) is 8.50. The van der Waals surface area contributed by atoms with Crippen LogP contribution < -0.4 is 10.6 Å². The maximum Gasteiger partial charge on any atom is 0.326 e. The fourth-order valence-electron chi connectivity index (χ4n) is 2.75. The summed E-state index contributed by atoms with van der Waals surface area (Å²) >= 11 is 0. The fourth-order valence-corrected chi connectivity index (χ4v) is 2.75. The van der Waals surface area contributed by atoms with Crippen LogP contribution in [0.1, 0.15) is 19.9 Å². The van der Waals surface area contributed by atoms with Crippen LogP contribution in [0.25, 0.3) is 22.4 Å². The number of fused-ring (bicyclic) bond motifs is 1. The van der Waals surface area contributed by atoms with Crippen molar-refractivity contribution in [3.8, 4) is 11.5 Å². The van der Waals surface area contributed by atoms with Gasteiger partial charge in [-0.25, -0.2) is 9.78 Å². The zero-order chi connectivity index (χ0) is 18.8. The minimum Gasteiger partial charge on any atom is -0.310 e. The summed E-state index contributed by atoms with van der Waals surface area (Å²) in [7, 11) is 0. The number of benzene rings is 1. The Morgan fingerprint density at radius 2 is 1.96 bits per heavy atom. The van der Waals surface area contributed by atoms with E-state index in [0.717, 1.165) is 10.9 Å². The van der Waals surface area contributed by atoms with Gasteiger partial charge in [-0.15, -0.1) is 10.2 Å². The molecule has 0 aliphatic rings. The van der Waals surface area contributed by atoms with E-state index in [1.54, 1.807) is 18.5 Å². The highest BCUT2D eigenvalue weighted by atomic mass is 16.2. The third kappa shape index (κ3) is 3.34. The second kappa shape index (κ2) is 6.87. The molecule has 0 fully saturated rings. The number of anilines is 2. The molecule has 3 N–H and O–H groups in total. The number of nitrogens with one attached hydrogen (secondary N) is 3. The molecule has 0 atom stereocenters. The van der Waals surface area contributed by atoms with Gasteiger partial charge in [0.05, 0.1) is 5.52 Å². The van der Waals surface area contributed by atoms with Crippen molar-refractivity contribution in [2.45, 2.75) is 19.9 Å². The van der Waals surface area contributed by atoms with Crippen LogP contribution in [0.3, 0.4) is 0 Å². The Bertz CT molecular complexity index is 1100. The summed E-state index contributed by atoms with van der Waals surface area (Å²) in [5, 5.41) is 21.4. The Morgan fingerprint density at radius 1 is 1.11 bits per heavy atom. The van der Waals surface area contributed by atoms with Crippen molar-refractivity contribution in [3.05, 3.63) is 48.8 Å². The van der Waals surface area contributed by atoms with E-state index in [9.17, 15) is 4.79 Å². The fraction of sp³-hybridized carbons (Fsp3) is 0.167. The lowest BCUT2D eigenvalue weighted by atomic mass is 10.2. The van der Waals surface area contributed by atoms with Crippen LogP contribution >= 0.6 is 0 Å². The van der Waals surface area contributed by atoms with E-state index in [1.165, 1.54) is 0 Å². The van der Waals surface area contributed by atoms with E-state index >= 15 is 0 Å². The maximum absolute atomic E-state index is 12.3. The molecule has 27 heavy (non-hydrogen) atoms. The molecule has 1 aromatic carbocycles. The van der Waals surface area contributed by atoms with Gasteiger partial charge in [0.15, 0.2) is 11.6 Å². The lowest BCUT2D eigenvalue weighted by molar-refractivity contribution is 0.262. The monoisotopic (exact) mass is 362 g/mol. The van der Waals surface area contributed by atoms with Gasteiger partial charge in [0.25, 0.3) is 0 Å². The zero-order valence-corrected chi connectivity index (χ0v) is 14.8. The predicted octanol–water partition coefficient (Wildman–Crippen LogP) is 3.44. The van der Waals surface area contributed by atoms with E-state index < -0.39 is 6.03 Å². The van der Waals surface area contributed by atoms with E-state index in [0.29, 0.717) is 23.2 Å². The number of aromatic nitrogens is 6. The Morgan fingerprint density at radius 3 is 2.81 bits per heavy atom. The number of nitrogens with zero attached hydrogens (tertiary/aromatic N) is 5. The molecule has 0 saturated heterocycles. The second-order valence-electron chi connectivity index (χ2n) is 6.26. The largest absolute Gasteiger partial charge is 0.326 e. The highest BCUT2D eigenvalue weighted by Crippen LogP contribution is 2.21. The maximum atomic E-state index is 12.3. The van der Waals surface area contributed by atoms with E-state index in [2.05, 4.69) is 36.0 Å². The van der Waals surface area contributed by atoms with Gasteiger partial charge < -0.3 is 4.57 Å². The van der Waals surface area contributed by atoms with Crippen molar-refractivity contribution < 1.29 is 4.79 Å². The third-order valence-corrected chi connectivity index (χ3v) is 4.05. The minimum atomic E-state index is -0.428. The number of hydrogen-bond acceptors (Lipinski definition) is 5. The molecule has 0 aliphatic carbocycles. The van der Waals surface area contributed by atoms with Crippen LogP contribution in [0, 0.1) is 0 Å². The normalized spacial score (nSPS) is 11.1. The van der Waals surface area contributed by atoms with Crippen LogP contribution in [-0.2, 0) is 0 Å². The van der Waals surface area contributed by atoms with Crippen molar-refractivity contribution in [1.29, 1.82) is 0 Å². The summed E-state index contributed by atoms with van der Waals surface area (Å²) in [6.07, 6.45) is 1.66. The Hall–Kier alpha value is -3.75. The molecule has 4 rings (SSSR count). The zero-order valence-electron chi connectivity index (χ0n) is 14.8. The molecule has 0 bridgehead atoms. The van der Waals surface area contributed by atoms with Gasteiger partial charge in [-0.2, -0.15) is 5.10 Å². The number of H-pyrrole nitrogens is 1. The summed E-state index contributed by atoms with van der Waals surface area (Å²) in [4.78, 5) is 16.8. The summed E-state index contributed by atoms with van der Waals surface area (Å²) in [6, 6.07) is 12.7. The smallest absolute Gasteiger partial charge is 0.310 e. The number of hydrogen-bond donors (Lipinski definition) is 3. The number of pyridine rings is 1. The Kier molecular flexibility index (Phi) is 4.25. The first-order chi connectivity index (χ1) is 13.1. The number of carbonyl (C=O) groups is 1. The first kappa shape index (κ1) is 16.7. The summed E-state index contributed by atoms with van der Waals surface area (Å²) < 4.78 is 1.92. The molecule has 3 heterocycles. The van der Waals surface area contributed by atoms with Gasteiger partial charge in [0.2, 0.25) is 0 Å². The van der Waals surface area contributed by atoms with Gasteiger partial charge in [-0.3, -0.25) is 15.7 Å². The molecule has 0 unspecified atom stereocenters. The molecule has 0 aliphatic heterocycles. The number of urea groups is 1. The number of amides is 2. The summed E-state index contributed by atoms with van der Waals surface area (Å²) in [5.41, 5.74) is 1.48. The lowest BCUT2D eigenvalue weighted by Gasteiger charge is -2.10. The Labute approximate surface area is 154 Å². The van der Waals surface area contributed by atoms with Gasteiger partial charge in [-0.1, -0.05) is 18.2 Å². The van der Waals surface area contributed by atoms with E-state index in [4.69, 9.17) is 0 Å². The predicted molar refractivity (Wildman–Crippen MR) is 102 cm³/mol.